The van der Waals surface area contributed by atoms with Gasteiger partial charge in [0.1, 0.15) is 12.4 Å². The number of aliphatic hydroxyl groups is 1. The van der Waals surface area contributed by atoms with Gasteiger partial charge in [-0.1, -0.05) is 30.3 Å². The van der Waals surface area contributed by atoms with E-state index in [0.29, 0.717) is 13.2 Å². The van der Waals surface area contributed by atoms with Crippen LogP contribution < -0.4 is 15.4 Å². The molecule has 146 valence electrons. The van der Waals surface area contributed by atoms with Gasteiger partial charge in [-0.25, -0.2) is 0 Å². The topological polar surface area (TPSA) is 53.5 Å². The van der Waals surface area contributed by atoms with E-state index in [1.54, 1.807) is 0 Å². The maximum Gasteiger partial charge on any atom is 0.148 e. The molecule has 2 aromatic rings. The van der Waals surface area contributed by atoms with Crippen LogP contribution in [-0.4, -0.2) is 31.3 Å². The van der Waals surface area contributed by atoms with Gasteiger partial charge in [-0.15, -0.1) is 24.8 Å². The fourth-order valence-electron chi connectivity index (χ4n) is 2.20. The normalized spacial score (nSPS) is 9.96. The van der Waals surface area contributed by atoms with Crippen molar-refractivity contribution in [3.05, 3.63) is 62.5 Å². The molecule has 2 rings (SSSR count). The third kappa shape index (κ3) is 9.04. The van der Waals surface area contributed by atoms with Crippen LogP contribution in [0.1, 0.15) is 11.1 Å². The van der Waals surface area contributed by atoms with Crippen molar-refractivity contribution in [2.24, 2.45) is 0 Å². The van der Waals surface area contributed by atoms with Crippen LogP contribution in [0, 0.1) is 0 Å². The molecule has 0 aliphatic heterocycles. The van der Waals surface area contributed by atoms with Crippen molar-refractivity contribution in [3.63, 3.8) is 0 Å². The van der Waals surface area contributed by atoms with Crippen LogP contribution in [-0.2, 0) is 13.2 Å². The number of halogens is 4. The Labute approximate surface area is 184 Å². The molecule has 8 heteroatoms. The molecule has 0 aromatic heterocycles. The van der Waals surface area contributed by atoms with E-state index in [1.807, 2.05) is 30.3 Å². The predicted molar refractivity (Wildman–Crippen MR) is 119 cm³/mol. The Hall–Kier alpha value is -0.340. The molecule has 0 atom stereocenters. The van der Waals surface area contributed by atoms with Crippen LogP contribution in [0.3, 0.4) is 0 Å². The zero-order valence-electron chi connectivity index (χ0n) is 14.2. The first-order valence-corrected chi connectivity index (χ1v) is 9.46. The van der Waals surface area contributed by atoms with Crippen molar-refractivity contribution in [2.75, 3.05) is 26.2 Å². The van der Waals surface area contributed by atoms with Crippen molar-refractivity contribution >= 4 is 56.7 Å². The van der Waals surface area contributed by atoms with Crippen LogP contribution >= 0.6 is 56.7 Å². The van der Waals surface area contributed by atoms with Gasteiger partial charge in [-0.3, -0.25) is 0 Å². The summed E-state index contributed by atoms with van der Waals surface area (Å²) in [7, 11) is 0. The molecule has 0 saturated heterocycles. The van der Waals surface area contributed by atoms with Gasteiger partial charge in [-0.05, 0) is 55.1 Å². The smallest absolute Gasteiger partial charge is 0.148 e. The lowest BCUT2D eigenvalue weighted by atomic mass is 10.2. The molecule has 0 heterocycles. The van der Waals surface area contributed by atoms with Crippen molar-refractivity contribution in [3.8, 4) is 5.75 Å². The van der Waals surface area contributed by atoms with Crippen LogP contribution in [0.2, 0.25) is 0 Å². The highest BCUT2D eigenvalue weighted by Gasteiger charge is 2.09. The number of benzene rings is 2. The minimum atomic E-state index is 0. The standard InChI is InChI=1S/C18H22Br2N2O2.2ClH/c19-16-10-15(12-22-7-6-21-8-9-23)11-17(20)18(16)24-13-14-4-2-1-3-5-14;;/h1-5,10-11,21-23H,6-9,12-13H2;2*1H. The van der Waals surface area contributed by atoms with E-state index >= 15 is 0 Å². The minimum Gasteiger partial charge on any atom is -0.487 e. The molecular formula is C18H24Br2Cl2N2O2. The highest BCUT2D eigenvalue weighted by Crippen LogP contribution is 2.35. The third-order valence-electron chi connectivity index (χ3n) is 3.38. The van der Waals surface area contributed by atoms with Crippen LogP contribution in [0.4, 0.5) is 0 Å². The Morgan fingerprint density at radius 1 is 0.846 bits per heavy atom. The molecule has 0 aliphatic carbocycles. The second-order valence-corrected chi connectivity index (χ2v) is 7.02. The van der Waals surface area contributed by atoms with Crippen LogP contribution in [0.25, 0.3) is 0 Å². The van der Waals surface area contributed by atoms with E-state index in [0.717, 1.165) is 39.9 Å². The van der Waals surface area contributed by atoms with Crippen LogP contribution in [0.5, 0.6) is 5.75 Å². The maximum atomic E-state index is 8.70. The average molecular weight is 531 g/mol. The number of nitrogens with one attached hydrogen (secondary N) is 2. The molecule has 4 nitrogen and oxygen atoms in total. The molecule has 0 unspecified atom stereocenters. The van der Waals surface area contributed by atoms with E-state index < -0.39 is 0 Å². The molecule has 2 aromatic carbocycles. The van der Waals surface area contributed by atoms with E-state index in [4.69, 9.17) is 9.84 Å². The first kappa shape index (κ1) is 25.7. The summed E-state index contributed by atoms with van der Waals surface area (Å²) in [6, 6.07) is 14.2. The number of ether oxygens (including phenoxy) is 1. The van der Waals surface area contributed by atoms with E-state index in [9.17, 15) is 0 Å². The van der Waals surface area contributed by atoms with Gasteiger partial charge in [0, 0.05) is 26.2 Å². The number of rotatable bonds is 10. The van der Waals surface area contributed by atoms with Gasteiger partial charge in [-0.2, -0.15) is 0 Å². The van der Waals surface area contributed by atoms with Gasteiger partial charge >= 0.3 is 0 Å². The summed E-state index contributed by atoms with van der Waals surface area (Å²) in [5.74, 6) is 0.812. The van der Waals surface area contributed by atoms with Gasteiger partial charge in [0.15, 0.2) is 0 Å². The van der Waals surface area contributed by atoms with Gasteiger partial charge in [0.25, 0.3) is 0 Å². The quantitative estimate of drug-likeness (QED) is 0.401. The zero-order chi connectivity index (χ0) is 17.2. The third-order valence-corrected chi connectivity index (χ3v) is 4.56. The molecule has 0 aliphatic rings. The molecule has 0 fully saturated rings. The summed E-state index contributed by atoms with van der Waals surface area (Å²) in [4.78, 5) is 0. The number of hydrogen-bond acceptors (Lipinski definition) is 4. The lowest BCUT2D eigenvalue weighted by Gasteiger charge is -2.13. The van der Waals surface area contributed by atoms with E-state index in [-0.39, 0.29) is 31.4 Å². The first-order valence-electron chi connectivity index (χ1n) is 7.87. The summed E-state index contributed by atoms with van der Waals surface area (Å²) in [5, 5.41) is 15.2. The SMILES string of the molecule is Cl.Cl.OCCNCCNCc1cc(Br)c(OCc2ccccc2)c(Br)c1. The Morgan fingerprint density at radius 2 is 1.46 bits per heavy atom. The predicted octanol–water partition coefficient (Wildman–Crippen LogP) is 4.31. The zero-order valence-corrected chi connectivity index (χ0v) is 19.0. The van der Waals surface area contributed by atoms with Crippen molar-refractivity contribution < 1.29 is 9.84 Å². The summed E-state index contributed by atoms with van der Waals surface area (Å²) in [6.07, 6.45) is 0. The molecule has 26 heavy (non-hydrogen) atoms. The molecular weight excluding hydrogens is 507 g/mol. The molecule has 0 amide bonds. The Bertz CT molecular complexity index is 611. The minimum absolute atomic E-state index is 0. The van der Waals surface area contributed by atoms with Crippen molar-refractivity contribution in [1.82, 2.24) is 10.6 Å². The first-order chi connectivity index (χ1) is 11.7. The molecule has 0 spiro atoms. The highest BCUT2D eigenvalue weighted by atomic mass is 79.9. The van der Waals surface area contributed by atoms with Crippen LogP contribution in [0.15, 0.2) is 51.4 Å². The Balaban J connectivity index is 0.00000312. The second kappa shape index (κ2) is 14.7. The summed E-state index contributed by atoms with van der Waals surface area (Å²) >= 11 is 7.18. The summed E-state index contributed by atoms with van der Waals surface area (Å²) in [6.45, 7) is 3.79. The molecule has 0 saturated carbocycles. The number of aliphatic hydroxyl groups excluding tert-OH is 1. The summed E-state index contributed by atoms with van der Waals surface area (Å²) < 4.78 is 7.80. The Kier molecular flexibility index (Phi) is 14.5. The fourth-order valence-corrected chi connectivity index (χ4v) is 3.71. The van der Waals surface area contributed by atoms with Crippen molar-refractivity contribution in [1.29, 1.82) is 0 Å². The van der Waals surface area contributed by atoms with E-state index in [2.05, 4.69) is 54.6 Å². The van der Waals surface area contributed by atoms with E-state index in [1.165, 1.54) is 5.56 Å². The second-order valence-electron chi connectivity index (χ2n) is 5.31. The fraction of sp³-hybridized carbons (Fsp3) is 0.333. The summed E-state index contributed by atoms with van der Waals surface area (Å²) in [5.41, 5.74) is 2.31. The van der Waals surface area contributed by atoms with Gasteiger partial charge < -0.3 is 20.5 Å². The molecule has 3 N–H and O–H groups in total. The Morgan fingerprint density at radius 3 is 2.08 bits per heavy atom. The van der Waals surface area contributed by atoms with Gasteiger partial charge in [0.05, 0.1) is 15.6 Å². The van der Waals surface area contributed by atoms with Crippen molar-refractivity contribution in [2.45, 2.75) is 13.2 Å². The molecule has 0 radical (unpaired) electrons. The maximum absolute atomic E-state index is 8.70. The highest BCUT2D eigenvalue weighted by molar-refractivity contribution is 9.11. The van der Waals surface area contributed by atoms with Gasteiger partial charge in [0.2, 0.25) is 0 Å². The lowest BCUT2D eigenvalue weighted by Crippen LogP contribution is -2.28. The number of hydrogen-bond donors (Lipinski definition) is 3. The average Bonchev–Trinajstić information content (AvgIpc) is 2.58. The molecule has 0 bridgehead atoms. The monoisotopic (exact) mass is 528 g/mol. The lowest BCUT2D eigenvalue weighted by molar-refractivity contribution is 0.292. The largest absolute Gasteiger partial charge is 0.487 e.